The molecule has 0 spiro atoms. The van der Waals surface area contributed by atoms with E-state index in [1.807, 2.05) is 0 Å². The fourth-order valence-electron chi connectivity index (χ4n) is 2.42. The third kappa shape index (κ3) is 2.95. The molecule has 0 unspecified atom stereocenters. The van der Waals surface area contributed by atoms with Crippen molar-refractivity contribution in [2.24, 2.45) is 0 Å². The summed E-state index contributed by atoms with van der Waals surface area (Å²) in [4.78, 5) is 2.27. The van der Waals surface area contributed by atoms with Crippen molar-refractivity contribution in [2.75, 3.05) is 13.2 Å². The molecule has 16 heavy (non-hydrogen) atoms. The molecule has 0 amide bonds. The molecule has 1 aliphatic heterocycles. The van der Waals surface area contributed by atoms with E-state index in [0.29, 0.717) is 26.1 Å². The molecule has 0 bridgehead atoms. The van der Waals surface area contributed by atoms with Crippen LogP contribution < -0.4 is 0 Å². The molecule has 0 saturated carbocycles. The predicted molar refractivity (Wildman–Crippen MR) is 60.4 cm³/mol. The SMILES string of the molecule is CC(C)(C)N1[C@H](CC#N)COC[C@@H]1CC#N. The first-order valence-electron chi connectivity index (χ1n) is 5.60. The van der Waals surface area contributed by atoms with Crippen LogP contribution in [0.3, 0.4) is 0 Å². The molecular formula is C12H19N3O. The number of ether oxygens (including phenoxy) is 1. The Kier molecular flexibility index (Phi) is 4.29. The summed E-state index contributed by atoms with van der Waals surface area (Å²) >= 11 is 0. The van der Waals surface area contributed by atoms with Crippen LogP contribution in [0.5, 0.6) is 0 Å². The second kappa shape index (κ2) is 5.30. The third-order valence-electron chi connectivity index (χ3n) is 2.84. The van der Waals surface area contributed by atoms with Gasteiger partial charge < -0.3 is 4.74 Å². The molecule has 1 aliphatic rings. The van der Waals surface area contributed by atoms with Crippen LogP contribution >= 0.6 is 0 Å². The standard InChI is InChI=1S/C12H19N3O/c1-12(2,3)15-10(4-6-13)8-16-9-11(15)5-7-14/h10-11H,4-5,8-9H2,1-3H3/t10-,11+. The lowest BCUT2D eigenvalue weighted by molar-refractivity contribution is -0.0868. The second-order valence-corrected chi connectivity index (χ2v) is 5.15. The van der Waals surface area contributed by atoms with Crippen LogP contribution in [-0.2, 0) is 4.74 Å². The predicted octanol–water partition coefficient (Wildman–Crippen LogP) is 1.68. The Hall–Kier alpha value is -1.10. The molecular weight excluding hydrogens is 202 g/mol. The quantitative estimate of drug-likeness (QED) is 0.711. The van der Waals surface area contributed by atoms with Gasteiger partial charge in [-0.2, -0.15) is 10.5 Å². The fraction of sp³-hybridized carbons (Fsp3) is 0.833. The molecule has 2 atom stereocenters. The minimum Gasteiger partial charge on any atom is -0.378 e. The van der Waals surface area contributed by atoms with E-state index in [9.17, 15) is 0 Å². The molecule has 1 rings (SSSR count). The smallest absolute Gasteiger partial charge is 0.0639 e. The summed E-state index contributed by atoms with van der Waals surface area (Å²) in [5.74, 6) is 0. The topological polar surface area (TPSA) is 60.1 Å². The average molecular weight is 221 g/mol. The van der Waals surface area contributed by atoms with Crippen LogP contribution in [0.2, 0.25) is 0 Å². The summed E-state index contributed by atoms with van der Waals surface area (Å²) in [5, 5.41) is 17.6. The van der Waals surface area contributed by atoms with Crippen molar-refractivity contribution in [1.29, 1.82) is 10.5 Å². The lowest BCUT2D eigenvalue weighted by atomic mass is 9.95. The Morgan fingerprint density at radius 1 is 1.12 bits per heavy atom. The molecule has 4 nitrogen and oxygen atoms in total. The minimum atomic E-state index is -0.0349. The van der Waals surface area contributed by atoms with Gasteiger partial charge in [-0.1, -0.05) is 0 Å². The average Bonchev–Trinajstić information content (AvgIpc) is 2.17. The van der Waals surface area contributed by atoms with Gasteiger partial charge in [0.05, 0.1) is 38.2 Å². The van der Waals surface area contributed by atoms with Crippen molar-refractivity contribution in [1.82, 2.24) is 4.90 Å². The zero-order valence-corrected chi connectivity index (χ0v) is 10.2. The summed E-state index contributed by atoms with van der Waals surface area (Å²) in [6.07, 6.45) is 0.915. The zero-order valence-electron chi connectivity index (χ0n) is 10.2. The largest absolute Gasteiger partial charge is 0.378 e. The summed E-state index contributed by atoms with van der Waals surface area (Å²) in [6, 6.07) is 4.61. The number of morpholine rings is 1. The molecule has 4 heteroatoms. The Morgan fingerprint density at radius 2 is 1.56 bits per heavy atom. The van der Waals surface area contributed by atoms with E-state index in [-0.39, 0.29) is 17.6 Å². The summed E-state index contributed by atoms with van der Waals surface area (Å²) in [6.45, 7) is 7.53. The first kappa shape index (κ1) is 13.0. The molecule has 0 N–H and O–H groups in total. The van der Waals surface area contributed by atoms with Crippen LogP contribution in [0.1, 0.15) is 33.6 Å². The van der Waals surface area contributed by atoms with E-state index in [0.717, 1.165) is 0 Å². The van der Waals surface area contributed by atoms with Gasteiger partial charge in [0, 0.05) is 17.6 Å². The van der Waals surface area contributed by atoms with Crippen molar-refractivity contribution in [2.45, 2.75) is 51.2 Å². The number of hydrogen-bond donors (Lipinski definition) is 0. The van der Waals surface area contributed by atoms with Gasteiger partial charge in [0.15, 0.2) is 0 Å². The maximum Gasteiger partial charge on any atom is 0.0639 e. The molecule has 0 aromatic rings. The van der Waals surface area contributed by atoms with Crippen LogP contribution in [0.4, 0.5) is 0 Å². The Balaban J connectivity index is 2.86. The Bertz CT molecular complexity index is 284. The van der Waals surface area contributed by atoms with E-state index in [2.05, 4.69) is 37.8 Å². The van der Waals surface area contributed by atoms with Gasteiger partial charge in [0.1, 0.15) is 0 Å². The minimum absolute atomic E-state index is 0.0349. The Labute approximate surface area is 97.4 Å². The van der Waals surface area contributed by atoms with E-state index in [4.69, 9.17) is 15.3 Å². The molecule has 0 radical (unpaired) electrons. The van der Waals surface area contributed by atoms with Gasteiger partial charge in [-0.25, -0.2) is 0 Å². The maximum atomic E-state index is 8.82. The summed E-state index contributed by atoms with van der Waals surface area (Å²) in [5.41, 5.74) is -0.0349. The van der Waals surface area contributed by atoms with Crippen LogP contribution in [0.25, 0.3) is 0 Å². The summed E-state index contributed by atoms with van der Waals surface area (Å²) < 4.78 is 5.48. The normalized spacial score (nSPS) is 27.1. The molecule has 0 aliphatic carbocycles. The van der Waals surface area contributed by atoms with Crippen LogP contribution in [-0.4, -0.2) is 35.7 Å². The van der Waals surface area contributed by atoms with Gasteiger partial charge in [-0.15, -0.1) is 0 Å². The molecule has 1 fully saturated rings. The van der Waals surface area contributed by atoms with E-state index >= 15 is 0 Å². The fourth-order valence-corrected chi connectivity index (χ4v) is 2.42. The highest BCUT2D eigenvalue weighted by Crippen LogP contribution is 2.27. The van der Waals surface area contributed by atoms with Crippen LogP contribution in [0.15, 0.2) is 0 Å². The molecule has 0 aromatic carbocycles. The Morgan fingerprint density at radius 3 is 1.88 bits per heavy atom. The number of rotatable bonds is 2. The van der Waals surface area contributed by atoms with Crippen molar-refractivity contribution in [3.05, 3.63) is 0 Å². The highest BCUT2D eigenvalue weighted by molar-refractivity contribution is 4.97. The lowest BCUT2D eigenvalue weighted by Gasteiger charge is -2.48. The van der Waals surface area contributed by atoms with Gasteiger partial charge in [0.25, 0.3) is 0 Å². The molecule has 0 aromatic heterocycles. The highest BCUT2D eigenvalue weighted by Gasteiger charge is 2.37. The number of hydrogen-bond acceptors (Lipinski definition) is 4. The highest BCUT2D eigenvalue weighted by atomic mass is 16.5. The maximum absolute atomic E-state index is 8.82. The van der Waals surface area contributed by atoms with Gasteiger partial charge in [-0.05, 0) is 20.8 Å². The number of nitrogens with zero attached hydrogens (tertiary/aromatic N) is 3. The van der Waals surface area contributed by atoms with Crippen LogP contribution in [0, 0.1) is 22.7 Å². The van der Waals surface area contributed by atoms with Gasteiger partial charge in [-0.3, -0.25) is 4.90 Å². The van der Waals surface area contributed by atoms with E-state index < -0.39 is 0 Å². The first-order chi connectivity index (χ1) is 7.50. The van der Waals surface area contributed by atoms with E-state index in [1.165, 1.54) is 0 Å². The van der Waals surface area contributed by atoms with Crippen molar-refractivity contribution < 1.29 is 4.74 Å². The van der Waals surface area contributed by atoms with Crippen molar-refractivity contribution >= 4 is 0 Å². The molecule has 1 heterocycles. The third-order valence-corrected chi connectivity index (χ3v) is 2.84. The summed E-state index contributed by atoms with van der Waals surface area (Å²) in [7, 11) is 0. The second-order valence-electron chi connectivity index (χ2n) is 5.15. The monoisotopic (exact) mass is 221 g/mol. The van der Waals surface area contributed by atoms with E-state index in [1.54, 1.807) is 0 Å². The van der Waals surface area contributed by atoms with Crippen molar-refractivity contribution in [3.63, 3.8) is 0 Å². The van der Waals surface area contributed by atoms with Crippen molar-refractivity contribution in [3.8, 4) is 12.1 Å². The first-order valence-corrected chi connectivity index (χ1v) is 5.60. The number of nitriles is 2. The molecule has 88 valence electrons. The van der Waals surface area contributed by atoms with Gasteiger partial charge in [0.2, 0.25) is 0 Å². The van der Waals surface area contributed by atoms with Gasteiger partial charge >= 0.3 is 0 Å². The zero-order chi connectivity index (χ0) is 12.2. The lowest BCUT2D eigenvalue weighted by Crippen LogP contribution is -2.59. The molecule has 1 saturated heterocycles.